The maximum absolute atomic E-state index is 12.4. The molecule has 0 radical (unpaired) electrons. The molecule has 0 aliphatic heterocycles. The van der Waals surface area contributed by atoms with Crippen molar-refractivity contribution in [1.82, 2.24) is 4.90 Å². The van der Waals surface area contributed by atoms with Crippen LogP contribution in [-0.4, -0.2) is 52.7 Å². The maximum Gasteiger partial charge on any atom is 0.325 e. The van der Waals surface area contributed by atoms with Crippen LogP contribution in [0, 0.1) is 0 Å². The van der Waals surface area contributed by atoms with Crippen molar-refractivity contribution in [3.05, 3.63) is 24.3 Å². The lowest BCUT2D eigenvalue weighted by Crippen LogP contribution is -2.48. The molecule has 0 aliphatic rings. The molecule has 0 atom stereocenters. The summed E-state index contributed by atoms with van der Waals surface area (Å²) in [5, 5.41) is 18.3. The highest BCUT2D eigenvalue weighted by Crippen LogP contribution is 2.21. The second-order valence-corrected chi connectivity index (χ2v) is 4.26. The van der Waals surface area contributed by atoms with Gasteiger partial charge in [0.1, 0.15) is 18.8 Å². The van der Waals surface area contributed by atoms with Gasteiger partial charge in [-0.15, -0.1) is 0 Å². The number of nitrogens with zero attached hydrogens (tertiary/aromatic N) is 2. The SMILES string of the molecule is CCN(C(=O)N(CC(N)=O)CC(=O)O)c1cccc(O)c1. The fourth-order valence-corrected chi connectivity index (χ4v) is 1.80. The molecule has 21 heavy (non-hydrogen) atoms. The summed E-state index contributed by atoms with van der Waals surface area (Å²) < 4.78 is 0. The van der Waals surface area contributed by atoms with Gasteiger partial charge in [0.05, 0.1) is 0 Å². The summed E-state index contributed by atoms with van der Waals surface area (Å²) in [5.41, 5.74) is 5.42. The number of anilines is 1. The highest BCUT2D eigenvalue weighted by molar-refractivity contribution is 5.96. The highest BCUT2D eigenvalue weighted by Gasteiger charge is 2.24. The summed E-state index contributed by atoms with van der Waals surface area (Å²) in [5.74, 6) is -2.09. The Balaban J connectivity index is 3.02. The van der Waals surface area contributed by atoms with Crippen LogP contribution in [0.5, 0.6) is 5.75 Å². The number of nitrogens with two attached hydrogens (primary N) is 1. The normalized spacial score (nSPS) is 9.95. The van der Waals surface area contributed by atoms with Gasteiger partial charge in [-0.1, -0.05) is 6.07 Å². The average molecular weight is 295 g/mol. The first-order chi connectivity index (χ1) is 9.85. The fraction of sp³-hybridized carbons (Fsp3) is 0.308. The number of aliphatic carboxylic acids is 1. The van der Waals surface area contributed by atoms with Gasteiger partial charge in [-0.2, -0.15) is 0 Å². The van der Waals surface area contributed by atoms with Crippen molar-refractivity contribution in [2.24, 2.45) is 5.73 Å². The van der Waals surface area contributed by atoms with Gasteiger partial charge in [0.15, 0.2) is 0 Å². The van der Waals surface area contributed by atoms with E-state index in [-0.39, 0.29) is 12.3 Å². The number of hydrogen-bond acceptors (Lipinski definition) is 4. The Kier molecular flexibility index (Phi) is 5.53. The number of benzene rings is 1. The molecule has 1 rings (SSSR count). The van der Waals surface area contributed by atoms with Gasteiger partial charge in [0.2, 0.25) is 5.91 Å². The maximum atomic E-state index is 12.4. The van der Waals surface area contributed by atoms with E-state index >= 15 is 0 Å². The first kappa shape index (κ1) is 16.3. The molecule has 0 saturated heterocycles. The molecule has 0 aromatic heterocycles. The standard InChI is InChI=1S/C13H17N3O5/c1-2-16(9-4-3-5-10(17)6-9)13(21)15(7-11(14)18)8-12(19)20/h3-6,17H,2,7-8H2,1H3,(H2,14,18)(H,19,20). The number of phenols is 1. The first-order valence-corrected chi connectivity index (χ1v) is 6.20. The van der Waals surface area contributed by atoms with E-state index < -0.39 is 31.0 Å². The van der Waals surface area contributed by atoms with Crippen LogP contribution in [-0.2, 0) is 9.59 Å². The molecular weight excluding hydrogens is 278 g/mol. The molecule has 0 unspecified atom stereocenters. The lowest BCUT2D eigenvalue weighted by Gasteiger charge is -2.28. The van der Waals surface area contributed by atoms with Crippen LogP contribution in [0.4, 0.5) is 10.5 Å². The van der Waals surface area contributed by atoms with Crippen molar-refractivity contribution in [3.8, 4) is 5.75 Å². The molecule has 3 amide bonds. The quantitative estimate of drug-likeness (QED) is 0.692. The van der Waals surface area contributed by atoms with Crippen molar-refractivity contribution >= 4 is 23.6 Å². The zero-order valence-electron chi connectivity index (χ0n) is 11.5. The molecule has 8 nitrogen and oxygen atoms in total. The number of urea groups is 1. The van der Waals surface area contributed by atoms with Gasteiger partial charge in [-0.05, 0) is 19.1 Å². The van der Waals surface area contributed by atoms with Gasteiger partial charge in [0.25, 0.3) is 0 Å². The third-order valence-electron chi connectivity index (χ3n) is 2.63. The number of hydrogen-bond donors (Lipinski definition) is 3. The Labute approximate surface area is 121 Å². The molecule has 8 heteroatoms. The molecular formula is C13H17N3O5. The molecule has 0 spiro atoms. The third kappa shape index (κ3) is 4.68. The molecule has 0 aliphatic carbocycles. The van der Waals surface area contributed by atoms with Crippen molar-refractivity contribution in [1.29, 1.82) is 0 Å². The molecule has 0 fully saturated rings. The zero-order valence-corrected chi connectivity index (χ0v) is 11.5. The van der Waals surface area contributed by atoms with Crippen molar-refractivity contribution in [2.45, 2.75) is 6.92 Å². The van der Waals surface area contributed by atoms with E-state index in [9.17, 15) is 19.5 Å². The minimum atomic E-state index is -1.25. The van der Waals surface area contributed by atoms with E-state index in [0.717, 1.165) is 4.90 Å². The topological polar surface area (TPSA) is 124 Å². The van der Waals surface area contributed by atoms with Gasteiger partial charge >= 0.3 is 12.0 Å². The molecule has 1 aromatic carbocycles. The summed E-state index contributed by atoms with van der Waals surface area (Å²) in [6.07, 6.45) is 0. The number of aromatic hydroxyl groups is 1. The zero-order chi connectivity index (χ0) is 16.0. The van der Waals surface area contributed by atoms with E-state index in [2.05, 4.69) is 0 Å². The second kappa shape index (κ2) is 7.13. The Morgan fingerprint density at radius 2 is 1.90 bits per heavy atom. The monoisotopic (exact) mass is 295 g/mol. The van der Waals surface area contributed by atoms with E-state index in [1.807, 2.05) is 0 Å². The summed E-state index contributed by atoms with van der Waals surface area (Å²) in [6, 6.07) is 5.27. The second-order valence-electron chi connectivity index (χ2n) is 4.26. The average Bonchev–Trinajstić information content (AvgIpc) is 2.37. The van der Waals surface area contributed by atoms with Crippen molar-refractivity contribution in [3.63, 3.8) is 0 Å². The highest BCUT2D eigenvalue weighted by atomic mass is 16.4. The summed E-state index contributed by atoms with van der Waals surface area (Å²) >= 11 is 0. The van der Waals surface area contributed by atoms with E-state index in [0.29, 0.717) is 5.69 Å². The minimum Gasteiger partial charge on any atom is -0.508 e. The first-order valence-electron chi connectivity index (χ1n) is 6.20. The minimum absolute atomic E-state index is 0.0292. The van der Waals surface area contributed by atoms with Gasteiger partial charge < -0.3 is 20.8 Å². The van der Waals surface area contributed by atoms with Crippen LogP contribution >= 0.6 is 0 Å². The van der Waals surface area contributed by atoms with Crippen LogP contribution in [0.2, 0.25) is 0 Å². The van der Waals surface area contributed by atoms with Crippen molar-refractivity contribution in [2.75, 3.05) is 24.5 Å². The molecule has 0 bridgehead atoms. The fourth-order valence-electron chi connectivity index (χ4n) is 1.80. The smallest absolute Gasteiger partial charge is 0.325 e. The van der Waals surface area contributed by atoms with Crippen LogP contribution < -0.4 is 10.6 Å². The van der Waals surface area contributed by atoms with Crippen LogP contribution in [0.3, 0.4) is 0 Å². The van der Waals surface area contributed by atoms with Crippen LogP contribution in [0.25, 0.3) is 0 Å². The Morgan fingerprint density at radius 3 is 2.38 bits per heavy atom. The number of carbonyl (C=O) groups excluding carboxylic acids is 2. The number of primary amides is 1. The lowest BCUT2D eigenvalue weighted by molar-refractivity contribution is -0.137. The van der Waals surface area contributed by atoms with E-state index in [1.165, 1.54) is 17.0 Å². The molecule has 0 heterocycles. The molecule has 1 aromatic rings. The van der Waals surface area contributed by atoms with Gasteiger partial charge in [-0.25, -0.2) is 4.79 Å². The van der Waals surface area contributed by atoms with Crippen LogP contribution in [0.1, 0.15) is 6.92 Å². The third-order valence-corrected chi connectivity index (χ3v) is 2.63. The summed E-state index contributed by atoms with van der Waals surface area (Å²) in [7, 11) is 0. The Hall–Kier alpha value is -2.77. The predicted molar refractivity (Wildman–Crippen MR) is 74.9 cm³/mol. The van der Waals surface area contributed by atoms with Crippen LogP contribution in [0.15, 0.2) is 24.3 Å². The number of rotatable bonds is 6. The van der Waals surface area contributed by atoms with E-state index in [1.54, 1.807) is 19.1 Å². The Bertz CT molecular complexity index is 530. The molecule has 4 N–H and O–H groups in total. The molecule has 0 saturated carbocycles. The molecule has 114 valence electrons. The van der Waals surface area contributed by atoms with E-state index in [4.69, 9.17) is 10.8 Å². The summed E-state index contributed by atoms with van der Waals surface area (Å²) in [6.45, 7) is 0.778. The van der Waals surface area contributed by atoms with Crippen molar-refractivity contribution < 1.29 is 24.6 Å². The number of carbonyl (C=O) groups is 3. The number of amides is 3. The predicted octanol–water partition coefficient (Wildman–Crippen LogP) is 0.210. The number of carboxylic acid groups (broad SMARTS) is 1. The number of carboxylic acids is 1. The number of phenolic OH excluding ortho intramolecular Hbond substituents is 1. The van der Waals surface area contributed by atoms with Gasteiger partial charge in [-0.3, -0.25) is 14.5 Å². The largest absolute Gasteiger partial charge is 0.508 e. The Morgan fingerprint density at radius 1 is 1.24 bits per heavy atom. The van der Waals surface area contributed by atoms with Gasteiger partial charge in [0, 0.05) is 18.3 Å². The summed E-state index contributed by atoms with van der Waals surface area (Å²) in [4.78, 5) is 36.2. The lowest BCUT2D eigenvalue weighted by atomic mass is 10.2.